The Morgan fingerprint density at radius 2 is 1.76 bits per heavy atom. The molecule has 2 aromatic heterocycles. The number of benzene rings is 1. The number of hydrogen-bond donors (Lipinski definition) is 4. The summed E-state index contributed by atoms with van der Waals surface area (Å²) in [5.41, 5.74) is 1.01. The molecule has 4 N–H and O–H groups in total. The summed E-state index contributed by atoms with van der Waals surface area (Å²) < 4.78 is 7.84. The molecule has 0 aliphatic rings. The van der Waals surface area contributed by atoms with Crippen LogP contribution in [0.15, 0.2) is 18.2 Å². The van der Waals surface area contributed by atoms with Crippen LogP contribution in [0.5, 0.6) is 5.75 Å². The van der Waals surface area contributed by atoms with Crippen molar-refractivity contribution in [1.82, 2.24) is 30.4 Å². The fourth-order valence-corrected chi connectivity index (χ4v) is 4.64. The van der Waals surface area contributed by atoms with E-state index in [0.29, 0.717) is 27.9 Å². The van der Waals surface area contributed by atoms with Gasteiger partial charge >= 0.3 is 0 Å². The summed E-state index contributed by atoms with van der Waals surface area (Å²) in [6, 6.07) is 5.32. The van der Waals surface area contributed by atoms with E-state index in [-0.39, 0.29) is 36.1 Å². The second kappa shape index (κ2) is 11.7. The molecule has 0 radical (unpaired) electrons. The number of hydrogen-bond acceptors (Lipinski definition) is 6. The number of aromatic amines is 1. The van der Waals surface area contributed by atoms with E-state index in [1.807, 2.05) is 40.7 Å². The van der Waals surface area contributed by atoms with Crippen LogP contribution in [-0.2, 0) is 25.2 Å². The lowest BCUT2D eigenvalue weighted by Gasteiger charge is -2.41. The minimum atomic E-state index is -0.882. The smallest absolute Gasteiger partial charge is 0.261 e. The van der Waals surface area contributed by atoms with Crippen molar-refractivity contribution < 1.29 is 19.1 Å². The first-order chi connectivity index (χ1) is 18.8. The quantitative estimate of drug-likeness (QED) is 0.276. The Kier molecular flexibility index (Phi) is 9.12. The molecule has 3 rings (SSSR count). The molecule has 12 heteroatoms. The van der Waals surface area contributed by atoms with Crippen LogP contribution in [0.2, 0.25) is 5.02 Å². The Hall–Kier alpha value is -3.60. The summed E-state index contributed by atoms with van der Waals surface area (Å²) in [4.78, 5) is 36.9. The van der Waals surface area contributed by atoms with E-state index in [1.54, 1.807) is 23.6 Å². The number of ether oxygens (including phenoxy) is 1. The SMILES string of the molecule is CC(=O)NCCC(=O)Nc1ccc(C)cc1OC(C)C(=O)NC(C)(C)C(C)(C)c1nnc2c(Cl)c(C(C)(C)C)[nH]n12. The number of anilines is 1. The number of halogens is 1. The average molecular weight is 588 g/mol. The van der Waals surface area contributed by atoms with E-state index >= 15 is 0 Å². The van der Waals surface area contributed by atoms with Crippen molar-refractivity contribution in [1.29, 1.82) is 0 Å². The summed E-state index contributed by atoms with van der Waals surface area (Å²) in [5, 5.41) is 21.1. The third-order valence-electron chi connectivity index (χ3n) is 7.42. The van der Waals surface area contributed by atoms with Crippen LogP contribution in [0.25, 0.3) is 5.65 Å². The highest BCUT2D eigenvalue weighted by Crippen LogP contribution is 2.37. The Labute approximate surface area is 246 Å². The minimum absolute atomic E-state index is 0.103. The molecule has 1 atom stereocenters. The molecule has 0 spiro atoms. The molecule has 0 saturated carbocycles. The van der Waals surface area contributed by atoms with Crippen molar-refractivity contribution in [3.8, 4) is 5.75 Å². The fraction of sp³-hybridized carbons (Fsp3) is 0.552. The summed E-state index contributed by atoms with van der Waals surface area (Å²) in [6.07, 6.45) is -0.779. The van der Waals surface area contributed by atoms with Crippen molar-refractivity contribution in [2.45, 2.75) is 98.1 Å². The number of fused-ring (bicyclic) bond motifs is 1. The molecule has 224 valence electrons. The molecule has 0 aliphatic heterocycles. The molecule has 11 nitrogen and oxygen atoms in total. The Balaban J connectivity index is 1.77. The molecule has 3 aromatic rings. The third-order valence-corrected chi connectivity index (χ3v) is 7.78. The number of aryl methyl sites for hydroxylation is 1. The number of carbonyl (C=O) groups is 3. The topological polar surface area (TPSA) is 143 Å². The van der Waals surface area contributed by atoms with Gasteiger partial charge < -0.3 is 20.7 Å². The zero-order chi connectivity index (χ0) is 30.9. The number of aromatic nitrogens is 4. The van der Waals surface area contributed by atoms with Gasteiger partial charge in [-0.25, -0.2) is 4.52 Å². The molecule has 0 aliphatic carbocycles. The van der Waals surface area contributed by atoms with Gasteiger partial charge in [0.25, 0.3) is 5.91 Å². The summed E-state index contributed by atoms with van der Waals surface area (Å²) in [7, 11) is 0. The molecule has 1 unspecified atom stereocenters. The molecule has 1 aromatic carbocycles. The van der Waals surface area contributed by atoms with Crippen LogP contribution >= 0.6 is 11.6 Å². The number of H-pyrrole nitrogens is 1. The molecule has 2 heterocycles. The molecule has 41 heavy (non-hydrogen) atoms. The second-order valence-corrected chi connectivity index (χ2v) is 12.9. The normalized spacial score (nSPS) is 13.1. The summed E-state index contributed by atoms with van der Waals surface area (Å²) in [6.45, 7) is 19.1. The highest BCUT2D eigenvalue weighted by molar-refractivity contribution is 6.34. The molecule has 3 amide bonds. The average Bonchev–Trinajstić information content (AvgIpc) is 3.40. The van der Waals surface area contributed by atoms with Gasteiger partial charge in [0.2, 0.25) is 11.8 Å². The summed E-state index contributed by atoms with van der Waals surface area (Å²) in [5.74, 6) is 0.154. The standard InChI is InChI=1S/C29H42ClN7O4/c1-16-11-12-19(32-21(39)13-14-31-18(3)38)20(15-16)41-17(2)25(40)33-29(9,10)28(7,8)26-35-34-24-22(30)23(27(4,5)6)36-37(24)26/h11-12,15,17,36H,13-14H2,1-10H3,(H,31,38)(H,32,39)(H,33,40). The van der Waals surface area contributed by atoms with Gasteiger partial charge in [-0.05, 0) is 45.4 Å². The van der Waals surface area contributed by atoms with Crippen molar-refractivity contribution in [2.75, 3.05) is 11.9 Å². The lowest BCUT2D eigenvalue weighted by molar-refractivity contribution is -0.129. The van der Waals surface area contributed by atoms with Gasteiger partial charge in [-0.3, -0.25) is 19.5 Å². The number of amides is 3. The highest BCUT2D eigenvalue weighted by atomic mass is 35.5. The minimum Gasteiger partial charge on any atom is -0.479 e. The largest absolute Gasteiger partial charge is 0.479 e. The fourth-order valence-electron chi connectivity index (χ4n) is 4.19. The van der Waals surface area contributed by atoms with Crippen LogP contribution < -0.4 is 20.7 Å². The maximum atomic E-state index is 13.4. The monoisotopic (exact) mass is 587 g/mol. The lowest BCUT2D eigenvalue weighted by atomic mass is 9.73. The number of nitrogens with one attached hydrogen (secondary N) is 4. The van der Waals surface area contributed by atoms with Gasteiger partial charge in [0.05, 0.1) is 11.4 Å². The maximum absolute atomic E-state index is 13.4. The second-order valence-electron chi connectivity index (χ2n) is 12.5. The van der Waals surface area contributed by atoms with Crippen LogP contribution in [0, 0.1) is 6.92 Å². The van der Waals surface area contributed by atoms with Crippen LogP contribution in [-0.4, -0.2) is 55.7 Å². The molecular formula is C29H42ClN7O4. The zero-order valence-electron chi connectivity index (χ0n) is 25.6. The van der Waals surface area contributed by atoms with Gasteiger partial charge in [0, 0.05) is 36.3 Å². The first kappa shape index (κ1) is 31.9. The molecule has 0 fully saturated rings. The Morgan fingerprint density at radius 3 is 2.37 bits per heavy atom. The van der Waals surface area contributed by atoms with Gasteiger partial charge in [-0.2, -0.15) is 0 Å². The maximum Gasteiger partial charge on any atom is 0.261 e. The summed E-state index contributed by atoms with van der Waals surface area (Å²) >= 11 is 6.63. The van der Waals surface area contributed by atoms with Gasteiger partial charge in [0.15, 0.2) is 17.6 Å². The van der Waals surface area contributed by atoms with E-state index in [9.17, 15) is 14.4 Å². The van der Waals surface area contributed by atoms with Crippen molar-refractivity contribution in [3.63, 3.8) is 0 Å². The van der Waals surface area contributed by atoms with Crippen molar-refractivity contribution >= 4 is 40.7 Å². The molecular weight excluding hydrogens is 546 g/mol. The van der Waals surface area contributed by atoms with E-state index in [0.717, 1.165) is 11.3 Å². The van der Waals surface area contributed by atoms with E-state index < -0.39 is 17.1 Å². The predicted molar refractivity (Wildman–Crippen MR) is 159 cm³/mol. The predicted octanol–water partition coefficient (Wildman–Crippen LogP) is 4.42. The first-order valence-electron chi connectivity index (χ1n) is 13.6. The van der Waals surface area contributed by atoms with E-state index in [1.165, 1.54) is 6.92 Å². The van der Waals surface area contributed by atoms with E-state index in [4.69, 9.17) is 16.3 Å². The van der Waals surface area contributed by atoms with Crippen LogP contribution in [0.4, 0.5) is 5.69 Å². The zero-order valence-corrected chi connectivity index (χ0v) is 26.3. The lowest BCUT2D eigenvalue weighted by Crippen LogP contribution is -2.58. The van der Waals surface area contributed by atoms with Crippen molar-refractivity contribution in [2.24, 2.45) is 0 Å². The number of rotatable bonds is 10. The number of nitrogens with zero attached hydrogens (tertiary/aromatic N) is 3. The third kappa shape index (κ3) is 7.01. The van der Waals surface area contributed by atoms with Crippen molar-refractivity contribution in [3.05, 3.63) is 40.3 Å². The van der Waals surface area contributed by atoms with Crippen LogP contribution in [0.1, 0.15) is 85.8 Å². The van der Waals surface area contributed by atoms with Gasteiger partial charge in [-0.1, -0.05) is 52.3 Å². The van der Waals surface area contributed by atoms with Crippen LogP contribution in [0.3, 0.4) is 0 Å². The number of carbonyl (C=O) groups excluding carboxylic acids is 3. The van der Waals surface area contributed by atoms with E-state index in [2.05, 4.69) is 52.0 Å². The Morgan fingerprint density at radius 1 is 1.10 bits per heavy atom. The molecule has 0 saturated heterocycles. The van der Waals surface area contributed by atoms with Gasteiger partial charge in [0.1, 0.15) is 10.8 Å². The molecule has 0 bridgehead atoms. The first-order valence-corrected chi connectivity index (χ1v) is 14.0. The Bertz CT molecular complexity index is 1450. The van der Waals surface area contributed by atoms with Gasteiger partial charge in [-0.15, -0.1) is 10.2 Å². The highest BCUT2D eigenvalue weighted by Gasteiger charge is 2.44.